The molecule has 2 N–H and O–H groups in total. The third-order valence-electron chi connectivity index (χ3n) is 3.09. The van der Waals surface area contributed by atoms with Crippen molar-refractivity contribution in [1.29, 1.82) is 0 Å². The molecule has 0 aliphatic rings. The molecule has 0 fully saturated rings. The van der Waals surface area contributed by atoms with Gasteiger partial charge < -0.3 is 10.3 Å². The van der Waals surface area contributed by atoms with Crippen LogP contribution in [-0.4, -0.2) is 9.55 Å². The van der Waals surface area contributed by atoms with Crippen molar-refractivity contribution in [3.05, 3.63) is 34.7 Å². The number of hydrogen-bond donors (Lipinski definition) is 1. The van der Waals surface area contributed by atoms with Gasteiger partial charge in [-0.1, -0.05) is 18.5 Å². The fraction of sp³-hybridized carbons (Fsp3) is 0.214. The number of imidazole rings is 1. The highest BCUT2D eigenvalue weighted by Crippen LogP contribution is 2.33. The van der Waals surface area contributed by atoms with Gasteiger partial charge in [0.05, 0.1) is 21.6 Å². The minimum absolute atomic E-state index is 0.707. The molecule has 2 aromatic heterocycles. The molecule has 0 atom stereocenters. The van der Waals surface area contributed by atoms with E-state index in [0.717, 1.165) is 40.4 Å². The van der Waals surface area contributed by atoms with Crippen LogP contribution >= 0.6 is 22.9 Å². The Kier molecular flexibility index (Phi) is 3.21. The minimum atomic E-state index is 0.707. The zero-order chi connectivity index (χ0) is 13.4. The van der Waals surface area contributed by atoms with Gasteiger partial charge in [0.15, 0.2) is 0 Å². The number of nitrogens with zero attached hydrogens (tertiary/aromatic N) is 2. The number of halogens is 1. The summed E-state index contributed by atoms with van der Waals surface area (Å²) in [5.74, 6) is 0.929. The fourth-order valence-corrected chi connectivity index (χ4v) is 3.07. The number of rotatable bonds is 3. The Balaban J connectivity index is 2.28. The van der Waals surface area contributed by atoms with Crippen molar-refractivity contribution in [3.8, 4) is 11.4 Å². The third kappa shape index (κ3) is 2.11. The van der Waals surface area contributed by atoms with Gasteiger partial charge in [-0.25, -0.2) is 4.98 Å². The van der Waals surface area contributed by atoms with Gasteiger partial charge in [0.1, 0.15) is 5.82 Å². The number of anilines is 1. The van der Waals surface area contributed by atoms with Gasteiger partial charge in [-0.3, -0.25) is 0 Å². The number of nitrogens with two attached hydrogens (primary N) is 1. The number of aromatic nitrogens is 2. The lowest BCUT2D eigenvalue weighted by atomic mass is 10.3. The second-order valence-corrected chi connectivity index (χ2v) is 5.80. The zero-order valence-electron chi connectivity index (χ0n) is 10.6. The lowest BCUT2D eigenvalue weighted by molar-refractivity contribution is 0.704. The average Bonchev–Trinajstić information content (AvgIpc) is 2.94. The van der Waals surface area contributed by atoms with Crippen molar-refractivity contribution in [2.45, 2.75) is 19.9 Å². The van der Waals surface area contributed by atoms with Crippen LogP contribution in [-0.2, 0) is 6.54 Å². The molecule has 1 aromatic carbocycles. The van der Waals surface area contributed by atoms with Gasteiger partial charge in [0.25, 0.3) is 0 Å². The molecule has 98 valence electrons. The second-order valence-electron chi connectivity index (χ2n) is 4.42. The van der Waals surface area contributed by atoms with E-state index in [2.05, 4.69) is 11.5 Å². The van der Waals surface area contributed by atoms with Crippen LogP contribution in [0.3, 0.4) is 0 Å². The smallest absolute Gasteiger partial charge is 0.144 e. The van der Waals surface area contributed by atoms with Crippen LogP contribution in [0, 0.1) is 0 Å². The van der Waals surface area contributed by atoms with E-state index in [9.17, 15) is 0 Å². The minimum Gasteiger partial charge on any atom is -0.390 e. The molecule has 5 heteroatoms. The first kappa shape index (κ1) is 12.5. The summed E-state index contributed by atoms with van der Waals surface area (Å²) in [6.07, 6.45) is 1.05. The van der Waals surface area contributed by atoms with E-state index in [0.29, 0.717) is 5.02 Å². The number of aryl methyl sites for hydroxylation is 1. The molecule has 0 bridgehead atoms. The Bertz CT molecular complexity index is 729. The molecular formula is C14H14ClN3S. The Morgan fingerprint density at radius 2 is 2.21 bits per heavy atom. The number of nitrogen functional groups attached to an aromatic ring is 1. The Hall–Kier alpha value is -1.52. The molecule has 0 amide bonds. The van der Waals surface area contributed by atoms with E-state index in [4.69, 9.17) is 22.3 Å². The van der Waals surface area contributed by atoms with E-state index < -0.39 is 0 Å². The SMILES string of the molecule is CCCn1c(-c2ccsc2N)nc2cc(Cl)ccc21. The maximum absolute atomic E-state index is 6.04. The molecule has 0 unspecified atom stereocenters. The van der Waals surface area contributed by atoms with E-state index in [-0.39, 0.29) is 0 Å². The standard InChI is InChI=1S/C14H14ClN3S/c1-2-6-18-12-4-3-9(15)8-11(12)17-14(18)10-5-7-19-13(10)16/h3-5,7-8H,2,6,16H2,1H3. The molecule has 0 aliphatic heterocycles. The lowest BCUT2D eigenvalue weighted by Gasteiger charge is -2.07. The van der Waals surface area contributed by atoms with Crippen LogP contribution in [0.4, 0.5) is 5.00 Å². The molecule has 19 heavy (non-hydrogen) atoms. The Labute approximate surface area is 120 Å². The Morgan fingerprint density at radius 3 is 2.89 bits per heavy atom. The third-order valence-corrected chi connectivity index (χ3v) is 4.07. The zero-order valence-corrected chi connectivity index (χ0v) is 12.1. The quantitative estimate of drug-likeness (QED) is 0.777. The van der Waals surface area contributed by atoms with Gasteiger partial charge in [-0.15, -0.1) is 11.3 Å². The fourth-order valence-electron chi connectivity index (χ4n) is 2.26. The van der Waals surface area contributed by atoms with Gasteiger partial charge in [0, 0.05) is 11.6 Å². The monoisotopic (exact) mass is 291 g/mol. The summed E-state index contributed by atoms with van der Waals surface area (Å²) in [7, 11) is 0. The highest BCUT2D eigenvalue weighted by atomic mass is 35.5. The number of benzene rings is 1. The van der Waals surface area contributed by atoms with Crippen molar-refractivity contribution in [3.63, 3.8) is 0 Å². The van der Waals surface area contributed by atoms with Gasteiger partial charge in [-0.2, -0.15) is 0 Å². The topological polar surface area (TPSA) is 43.8 Å². The van der Waals surface area contributed by atoms with Crippen LogP contribution in [0.5, 0.6) is 0 Å². The summed E-state index contributed by atoms with van der Waals surface area (Å²) < 4.78 is 2.21. The maximum Gasteiger partial charge on any atom is 0.144 e. The maximum atomic E-state index is 6.04. The summed E-state index contributed by atoms with van der Waals surface area (Å²) >= 11 is 7.58. The summed E-state index contributed by atoms with van der Waals surface area (Å²) in [5, 5.41) is 3.50. The first-order valence-electron chi connectivity index (χ1n) is 6.20. The highest BCUT2D eigenvalue weighted by Gasteiger charge is 2.15. The lowest BCUT2D eigenvalue weighted by Crippen LogP contribution is -2.00. The molecule has 2 heterocycles. The molecule has 3 rings (SSSR count). The molecule has 3 aromatic rings. The van der Waals surface area contributed by atoms with E-state index in [1.54, 1.807) is 0 Å². The molecule has 0 saturated heterocycles. The summed E-state index contributed by atoms with van der Waals surface area (Å²) in [6.45, 7) is 3.07. The molecule has 0 spiro atoms. The second kappa shape index (κ2) is 4.87. The van der Waals surface area contributed by atoms with E-state index >= 15 is 0 Å². The number of fused-ring (bicyclic) bond motifs is 1. The van der Waals surface area contributed by atoms with Gasteiger partial charge in [-0.05, 0) is 36.1 Å². The van der Waals surface area contributed by atoms with Gasteiger partial charge >= 0.3 is 0 Å². The largest absolute Gasteiger partial charge is 0.390 e. The number of hydrogen-bond acceptors (Lipinski definition) is 3. The van der Waals surface area contributed by atoms with E-state index in [1.165, 1.54) is 11.3 Å². The summed E-state index contributed by atoms with van der Waals surface area (Å²) in [4.78, 5) is 4.70. The van der Waals surface area contributed by atoms with Crippen LogP contribution in [0.1, 0.15) is 13.3 Å². The van der Waals surface area contributed by atoms with Crippen LogP contribution in [0.25, 0.3) is 22.4 Å². The average molecular weight is 292 g/mol. The predicted octanol–water partition coefficient (Wildman–Crippen LogP) is 4.41. The molecule has 3 nitrogen and oxygen atoms in total. The molecule has 0 radical (unpaired) electrons. The first-order chi connectivity index (χ1) is 9.20. The van der Waals surface area contributed by atoms with Gasteiger partial charge in [0.2, 0.25) is 0 Å². The summed E-state index contributed by atoms with van der Waals surface area (Å²) in [6, 6.07) is 7.84. The summed E-state index contributed by atoms with van der Waals surface area (Å²) in [5.41, 5.74) is 9.06. The van der Waals surface area contributed by atoms with Crippen LogP contribution < -0.4 is 5.73 Å². The van der Waals surface area contributed by atoms with Crippen molar-refractivity contribution in [2.75, 3.05) is 5.73 Å². The van der Waals surface area contributed by atoms with Crippen molar-refractivity contribution in [1.82, 2.24) is 9.55 Å². The van der Waals surface area contributed by atoms with Crippen LogP contribution in [0.15, 0.2) is 29.6 Å². The molecule has 0 saturated carbocycles. The molecule has 0 aliphatic carbocycles. The van der Waals surface area contributed by atoms with E-state index in [1.807, 2.05) is 29.6 Å². The first-order valence-corrected chi connectivity index (χ1v) is 7.45. The predicted molar refractivity (Wildman–Crippen MR) is 82.8 cm³/mol. The van der Waals surface area contributed by atoms with Crippen molar-refractivity contribution in [2.24, 2.45) is 0 Å². The molecular weight excluding hydrogens is 278 g/mol. The highest BCUT2D eigenvalue weighted by molar-refractivity contribution is 7.14. The van der Waals surface area contributed by atoms with Crippen LogP contribution in [0.2, 0.25) is 5.02 Å². The Morgan fingerprint density at radius 1 is 1.37 bits per heavy atom. The van der Waals surface area contributed by atoms with Crippen molar-refractivity contribution < 1.29 is 0 Å². The van der Waals surface area contributed by atoms with Crippen molar-refractivity contribution >= 4 is 39.0 Å². The number of thiophene rings is 1. The normalized spacial score (nSPS) is 11.3.